The fourth-order valence-corrected chi connectivity index (χ4v) is 5.05. The van der Waals surface area contributed by atoms with Crippen LogP contribution in [0.4, 0.5) is 5.69 Å². The van der Waals surface area contributed by atoms with Crippen molar-refractivity contribution in [2.24, 2.45) is 5.92 Å². The van der Waals surface area contributed by atoms with Crippen LogP contribution in [0.25, 0.3) is 0 Å². The molecule has 1 N–H and O–H groups in total. The number of hydrogen-bond acceptors (Lipinski definition) is 1. The molecule has 4 rings (SSSR count). The lowest BCUT2D eigenvalue weighted by atomic mass is 9.75. The van der Waals surface area contributed by atoms with E-state index in [0.29, 0.717) is 17.9 Å². The number of anilines is 1. The highest BCUT2D eigenvalue weighted by Crippen LogP contribution is 2.52. The summed E-state index contributed by atoms with van der Waals surface area (Å²) in [5, 5.41) is 3.87. The second kappa shape index (κ2) is 5.52. The van der Waals surface area contributed by atoms with Crippen LogP contribution in [0.1, 0.15) is 46.2 Å². The van der Waals surface area contributed by atoms with E-state index in [0.717, 1.165) is 6.42 Å². The van der Waals surface area contributed by atoms with Gasteiger partial charge in [-0.1, -0.05) is 42.0 Å². The second-order valence-electron chi connectivity index (χ2n) is 6.99. The van der Waals surface area contributed by atoms with Crippen LogP contribution in [-0.4, -0.2) is 0 Å². The fourth-order valence-electron chi connectivity index (χ4n) is 4.55. The van der Waals surface area contributed by atoms with Gasteiger partial charge in [0.05, 0.1) is 11.7 Å². The first kappa shape index (κ1) is 15.0. The van der Waals surface area contributed by atoms with Crippen molar-refractivity contribution in [3.63, 3.8) is 0 Å². The van der Waals surface area contributed by atoms with Crippen molar-refractivity contribution in [2.75, 3.05) is 5.32 Å². The molecule has 0 aromatic heterocycles. The number of nitrogens with one attached hydrogen (secondary N) is 1. The molecule has 2 heteroatoms. The molecule has 118 valence electrons. The van der Waals surface area contributed by atoms with Gasteiger partial charge in [-0.25, -0.2) is 0 Å². The molecule has 1 heterocycles. The van der Waals surface area contributed by atoms with Crippen molar-refractivity contribution in [2.45, 2.75) is 39.2 Å². The van der Waals surface area contributed by atoms with Crippen LogP contribution in [0.5, 0.6) is 0 Å². The standard InChI is InChI=1S/C21H22BrN/c1-12-10-13(2)19(14(3)11-12)21-17-7-4-6-15(17)16-8-5-9-18(22)20(16)23-21/h4-6,8-11,15,17,21,23H,7H2,1-3H3. The van der Waals surface area contributed by atoms with Gasteiger partial charge in [0, 0.05) is 10.4 Å². The molecular weight excluding hydrogens is 346 g/mol. The Hall–Kier alpha value is -1.54. The number of rotatable bonds is 1. The van der Waals surface area contributed by atoms with Crippen LogP contribution >= 0.6 is 15.9 Å². The van der Waals surface area contributed by atoms with E-state index in [2.05, 4.69) is 84.5 Å². The number of halogens is 1. The average Bonchev–Trinajstić information content (AvgIpc) is 2.97. The second-order valence-corrected chi connectivity index (χ2v) is 7.85. The third kappa shape index (κ3) is 2.35. The number of para-hydroxylation sites is 1. The van der Waals surface area contributed by atoms with Gasteiger partial charge >= 0.3 is 0 Å². The minimum atomic E-state index is 0.377. The van der Waals surface area contributed by atoms with Crippen LogP contribution in [0.3, 0.4) is 0 Å². The maximum Gasteiger partial charge on any atom is 0.0559 e. The van der Waals surface area contributed by atoms with E-state index in [4.69, 9.17) is 0 Å². The van der Waals surface area contributed by atoms with Gasteiger partial charge in [0.25, 0.3) is 0 Å². The van der Waals surface area contributed by atoms with Crippen molar-refractivity contribution in [3.05, 3.63) is 74.8 Å². The van der Waals surface area contributed by atoms with Gasteiger partial charge < -0.3 is 5.32 Å². The van der Waals surface area contributed by atoms with Gasteiger partial charge in [-0.05, 0) is 77.4 Å². The van der Waals surface area contributed by atoms with Gasteiger partial charge in [0.15, 0.2) is 0 Å². The van der Waals surface area contributed by atoms with E-state index in [-0.39, 0.29) is 0 Å². The summed E-state index contributed by atoms with van der Waals surface area (Å²) in [5.41, 5.74) is 8.33. The predicted octanol–water partition coefficient (Wildman–Crippen LogP) is 6.20. The molecule has 0 saturated carbocycles. The van der Waals surface area contributed by atoms with Crippen LogP contribution in [0.2, 0.25) is 0 Å². The summed E-state index contributed by atoms with van der Waals surface area (Å²) >= 11 is 3.74. The van der Waals surface area contributed by atoms with Gasteiger partial charge in [-0.2, -0.15) is 0 Å². The minimum Gasteiger partial charge on any atom is -0.377 e. The lowest BCUT2D eigenvalue weighted by Gasteiger charge is -2.39. The number of fused-ring (bicyclic) bond motifs is 3. The summed E-state index contributed by atoms with van der Waals surface area (Å²) < 4.78 is 1.17. The maximum atomic E-state index is 3.87. The lowest BCUT2D eigenvalue weighted by Crippen LogP contribution is -2.30. The van der Waals surface area contributed by atoms with E-state index in [1.54, 1.807) is 0 Å². The molecule has 2 aliphatic rings. The van der Waals surface area contributed by atoms with E-state index in [9.17, 15) is 0 Å². The molecule has 0 saturated heterocycles. The van der Waals surface area contributed by atoms with Crippen molar-refractivity contribution in [3.8, 4) is 0 Å². The Kier molecular flexibility index (Phi) is 3.60. The van der Waals surface area contributed by atoms with E-state index in [1.165, 1.54) is 38.0 Å². The first-order valence-electron chi connectivity index (χ1n) is 8.35. The van der Waals surface area contributed by atoms with Crippen LogP contribution in [0.15, 0.2) is 47.0 Å². The summed E-state index contributed by atoms with van der Waals surface area (Å²) in [4.78, 5) is 0. The molecule has 0 spiro atoms. The molecule has 0 amide bonds. The van der Waals surface area contributed by atoms with Crippen LogP contribution in [0, 0.1) is 26.7 Å². The van der Waals surface area contributed by atoms with Gasteiger partial charge in [0.2, 0.25) is 0 Å². The molecule has 0 radical (unpaired) electrons. The first-order valence-corrected chi connectivity index (χ1v) is 9.15. The Balaban J connectivity index is 1.87. The summed E-state index contributed by atoms with van der Waals surface area (Å²) in [7, 11) is 0. The van der Waals surface area contributed by atoms with Crippen LogP contribution in [-0.2, 0) is 0 Å². The summed E-state index contributed by atoms with van der Waals surface area (Å²) in [5.74, 6) is 1.13. The molecule has 1 aliphatic heterocycles. The first-order chi connectivity index (χ1) is 11.1. The van der Waals surface area contributed by atoms with Crippen molar-refractivity contribution in [1.82, 2.24) is 0 Å². The van der Waals surface area contributed by atoms with Gasteiger partial charge in [0.1, 0.15) is 0 Å². The zero-order valence-corrected chi connectivity index (χ0v) is 15.4. The average molecular weight is 368 g/mol. The quantitative estimate of drug-likeness (QED) is 0.591. The van der Waals surface area contributed by atoms with Crippen molar-refractivity contribution in [1.29, 1.82) is 0 Å². The molecule has 3 atom stereocenters. The SMILES string of the molecule is Cc1cc(C)c(C2Nc3c(Br)cccc3C3C=CCC32)c(C)c1. The number of allylic oxidation sites excluding steroid dienone is 2. The monoisotopic (exact) mass is 367 g/mol. The normalized spacial score (nSPS) is 25.0. The highest BCUT2D eigenvalue weighted by atomic mass is 79.9. The smallest absolute Gasteiger partial charge is 0.0559 e. The summed E-state index contributed by atoms with van der Waals surface area (Å²) in [6.45, 7) is 6.69. The Morgan fingerprint density at radius 2 is 1.83 bits per heavy atom. The van der Waals surface area contributed by atoms with E-state index >= 15 is 0 Å². The molecule has 3 unspecified atom stereocenters. The zero-order chi connectivity index (χ0) is 16.1. The molecule has 23 heavy (non-hydrogen) atoms. The van der Waals surface area contributed by atoms with E-state index in [1.807, 2.05) is 0 Å². The number of benzene rings is 2. The third-order valence-corrected chi connectivity index (χ3v) is 6.06. The number of hydrogen-bond donors (Lipinski definition) is 1. The summed E-state index contributed by atoms with van der Waals surface area (Å²) in [6.07, 6.45) is 5.92. The Bertz CT molecular complexity index is 782. The Morgan fingerprint density at radius 3 is 2.57 bits per heavy atom. The molecule has 1 aliphatic carbocycles. The van der Waals surface area contributed by atoms with E-state index < -0.39 is 0 Å². The molecule has 2 aromatic carbocycles. The van der Waals surface area contributed by atoms with Crippen molar-refractivity contribution < 1.29 is 0 Å². The highest BCUT2D eigenvalue weighted by Gasteiger charge is 2.39. The van der Waals surface area contributed by atoms with Crippen molar-refractivity contribution >= 4 is 21.6 Å². The number of aryl methyl sites for hydroxylation is 3. The lowest BCUT2D eigenvalue weighted by molar-refractivity contribution is 0.423. The Labute approximate surface area is 146 Å². The minimum absolute atomic E-state index is 0.377. The molecule has 0 bridgehead atoms. The molecule has 0 fully saturated rings. The predicted molar refractivity (Wildman–Crippen MR) is 101 cm³/mol. The molecular formula is C21H22BrN. The molecule has 1 nitrogen and oxygen atoms in total. The maximum absolute atomic E-state index is 3.87. The largest absolute Gasteiger partial charge is 0.377 e. The van der Waals surface area contributed by atoms with Crippen LogP contribution < -0.4 is 5.32 Å². The highest BCUT2D eigenvalue weighted by molar-refractivity contribution is 9.10. The Morgan fingerprint density at radius 1 is 1.09 bits per heavy atom. The zero-order valence-electron chi connectivity index (χ0n) is 13.9. The third-order valence-electron chi connectivity index (χ3n) is 5.39. The fraction of sp³-hybridized carbons (Fsp3) is 0.333. The van der Waals surface area contributed by atoms with Gasteiger partial charge in [-0.3, -0.25) is 0 Å². The summed E-state index contributed by atoms with van der Waals surface area (Å²) in [6, 6.07) is 11.6. The molecule has 2 aromatic rings. The topological polar surface area (TPSA) is 12.0 Å². The van der Waals surface area contributed by atoms with Gasteiger partial charge in [-0.15, -0.1) is 0 Å².